The molecule has 0 bridgehead atoms. The highest BCUT2D eigenvalue weighted by atomic mass is 31.2. The van der Waals surface area contributed by atoms with Gasteiger partial charge in [0.05, 0.1) is 13.2 Å². The minimum atomic E-state index is -4.71. The Balaban J connectivity index is 4.32. The standard InChI is InChI=1S/C44H82NO10P/c1-3-5-7-9-11-13-15-17-19-20-21-22-24-26-28-30-32-34-36-43(47)55-40(38-53-56(50,51)54-39-41(45)44(48)49)37-52-42(46)35-33-31-29-27-25-23-18-16-14-12-10-8-6-4-2/h10,12,16,18,40-41H,3-9,11,13-15,17,19-39,45H2,1-2H3,(H,48,49)(H,50,51)/b12-10-,18-16-/t40-,41+/m1/s1. The molecular formula is C44H82NO10P. The molecule has 12 heteroatoms. The van der Waals surface area contributed by atoms with E-state index in [1.165, 1.54) is 103 Å². The number of allylic oxidation sites excluding steroid dienone is 4. The Morgan fingerprint density at radius 2 is 0.964 bits per heavy atom. The lowest BCUT2D eigenvalue weighted by atomic mass is 10.0. The number of nitrogens with two attached hydrogens (primary N) is 1. The second-order valence-electron chi connectivity index (χ2n) is 15.2. The van der Waals surface area contributed by atoms with Gasteiger partial charge in [0.25, 0.3) is 0 Å². The molecule has 0 heterocycles. The van der Waals surface area contributed by atoms with Crippen molar-refractivity contribution >= 4 is 25.7 Å². The molecule has 0 saturated carbocycles. The number of esters is 2. The average Bonchev–Trinajstić information content (AvgIpc) is 3.17. The molecule has 0 amide bonds. The second-order valence-corrected chi connectivity index (χ2v) is 16.6. The van der Waals surface area contributed by atoms with Gasteiger partial charge in [-0.2, -0.15) is 0 Å². The molecule has 11 nitrogen and oxygen atoms in total. The summed E-state index contributed by atoms with van der Waals surface area (Å²) in [5.74, 6) is -2.39. The summed E-state index contributed by atoms with van der Waals surface area (Å²) in [6, 6.07) is -1.52. The molecule has 0 aromatic rings. The topological polar surface area (TPSA) is 172 Å². The molecule has 0 saturated heterocycles. The monoisotopic (exact) mass is 816 g/mol. The molecule has 328 valence electrons. The number of phosphoric ester groups is 1. The molecule has 0 aliphatic heterocycles. The van der Waals surface area contributed by atoms with Gasteiger partial charge in [-0.05, 0) is 38.5 Å². The van der Waals surface area contributed by atoms with Crippen molar-refractivity contribution in [2.24, 2.45) is 5.73 Å². The number of hydrogen-bond acceptors (Lipinski definition) is 9. The van der Waals surface area contributed by atoms with E-state index in [9.17, 15) is 23.8 Å². The fourth-order valence-electron chi connectivity index (χ4n) is 6.14. The van der Waals surface area contributed by atoms with Gasteiger partial charge in [0.1, 0.15) is 12.6 Å². The van der Waals surface area contributed by atoms with Crippen LogP contribution in [0.3, 0.4) is 0 Å². The number of hydrogen-bond donors (Lipinski definition) is 3. The van der Waals surface area contributed by atoms with E-state index < -0.39 is 51.1 Å². The van der Waals surface area contributed by atoms with E-state index in [-0.39, 0.29) is 19.4 Å². The van der Waals surface area contributed by atoms with Crippen molar-refractivity contribution in [3.8, 4) is 0 Å². The number of carbonyl (C=O) groups excluding carboxylic acids is 2. The van der Waals surface area contributed by atoms with Crippen molar-refractivity contribution in [2.75, 3.05) is 19.8 Å². The molecule has 4 N–H and O–H groups in total. The van der Waals surface area contributed by atoms with Gasteiger partial charge in [-0.15, -0.1) is 0 Å². The van der Waals surface area contributed by atoms with Gasteiger partial charge >= 0.3 is 25.7 Å². The number of unbranched alkanes of at least 4 members (excludes halogenated alkanes) is 24. The maximum Gasteiger partial charge on any atom is 0.472 e. The summed E-state index contributed by atoms with van der Waals surface area (Å²) in [6.07, 6.45) is 40.9. The highest BCUT2D eigenvalue weighted by molar-refractivity contribution is 7.47. The molecule has 0 radical (unpaired) electrons. The zero-order valence-electron chi connectivity index (χ0n) is 35.5. The Labute approximate surface area is 340 Å². The normalized spacial score (nSPS) is 13.9. The minimum absolute atomic E-state index is 0.163. The first-order valence-corrected chi connectivity index (χ1v) is 23.9. The Hall–Kier alpha value is -2.04. The van der Waals surface area contributed by atoms with Gasteiger partial charge in [0.2, 0.25) is 0 Å². The predicted octanol–water partition coefficient (Wildman–Crippen LogP) is 11.8. The maximum absolute atomic E-state index is 12.6. The highest BCUT2D eigenvalue weighted by Crippen LogP contribution is 2.43. The zero-order valence-corrected chi connectivity index (χ0v) is 36.4. The molecule has 0 aliphatic carbocycles. The van der Waals surface area contributed by atoms with Gasteiger partial charge in [0.15, 0.2) is 6.10 Å². The van der Waals surface area contributed by atoms with Crippen LogP contribution >= 0.6 is 7.82 Å². The number of carboxylic acids is 1. The summed E-state index contributed by atoms with van der Waals surface area (Å²) >= 11 is 0. The van der Waals surface area contributed by atoms with E-state index in [1.807, 2.05) is 0 Å². The van der Waals surface area contributed by atoms with Crippen molar-refractivity contribution in [3.05, 3.63) is 24.3 Å². The summed E-state index contributed by atoms with van der Waals surface area (Å²) in [6.45, 7) is 2.77. The summed E-state index contributed by atoms with van der Waals surface area (Å²) in [4.78, 5) is 46.0. The summed E-state index contributed by atoms with van der Waals surface area (Å²) in [5.41, 5.74) is 5.33. The van der Waals surface area contributed by atoms with Crippen LogP contribution in [0.1, 0.15) is 206 Å². The van der Waals surface area contributed by atoms with Crippen LogP contribution in [0.4, 0.5) is 0 Å². The first-order chi connectivity index (χ1) is 27.1. The maximum atomic E-state index is 12.6. The van der Waals surface area contributed by atoms with E-state index in [0.717, 1.165) is 64.2 Å². The fourth-order valence-corrected chi connectivity index (χ4v) is 6.92. The number of phosphoric acid groups is 1. The quantitative estimate of drug-likeness (QED) is 0.0232. The third-order valence-electron chi connectivity index (χ3n) is 9.70. The highest BCUT2D eigenvalue weighted by Gasteiger charge is 2.28. The van der Waals surface area contributed by atoms with Gasteiger partial charge in [0, 0.05) is 12.8 Å². The smallest absolute Gasteiger partial charge is 0.472 e. The molecule has 0 spiro atoms. The van der Waals surface area contributed by atoms with E-state index in [4.69, 9.17) is 24.8 Å². The summed E-state index contributed by atoms with van der Waals surface area (Å²) < 4.78 is 32.7. The predicted molar refractivity (Wildman–Crippen MR) is 226 cm³/mol. The number of carboxylic acid groups (broad SMARTS) is 1. The van der Waals surface area contributed by atoms with Crippen LogP contribution in [0.2, 0.25) is 0 Å². The summed E-state index contributed by atoms with van der Waals surface area (Å²) in [7, 11) is -4.71. The van der Waals surface area contributed by atoms with Crippen LogP contribution in [0.5, 0.6) is 0 Å². The molecule has 56 heavy (non-hydrogen) atoms. The Morgan fingerprint density at radius 1 is 0.554 bits per heavy atom. The van der Waals surface area contributed by atoms with Gasteiger partial charge in [-0.25, -0.2) is 4.57 Å². The van der Waals surface area contributed by atoms with E-state index >= 15 is 0 Å². The van der Waals surface area contributed by atoms with Crippen LogP contribution in [-0.4, -0.2) is 59.9 Å². The third-order valence-corrected chi connectivity index (χ3v) is 10.7. The number of rotatable bonds is 42. The number of carbonyl (C=O) groups is 3. The van der Waals surface area contributed by atoms with Crippen LogP contribution in [-0.2, 0) is 37.5 Å². The fraction of sp³-hybridized carbons (Fsp3) is 0.841. The third kappa shape index (κ3) is 38.8. The van der Waals surface area contributed by atoms with Crippen molar-refractivity contribution in [3.63, 3.8) is 0 Å². The second kappa shape index (κ2) is 39.8. The average molecular weight is 816 g/mol. The first kappa shape index (κ1) is 54.0. The molecule has 0 aliphatic rings. The van der Waals surface area contributed by atoms with Crippen molar-refractivity contribution in [1.82, 2.24) is 0 Å². The van der Waals surface area contributed by atoms with Crippen molar-refractivity contribution < 1.29 is 47.5 Å². The largest absolute Gasteiger partial charge is 0.480 e. The number of ether oxygens (including phenoxy) is 2. The molecule has 1 unspecified atom stereocenters. The van der Waals surface area contributed by atoms with Gasteiger partial charge in [-0.3, -0.25) is 23.4 Å². The van der Waals surface area contributed by atoms with Gasteiger partial charge in [-0.1, -0.05) is 179 Å². The molecule has 0 rings (SSSR count). The molecule has 0 aromatic heterocycles. The Morgan fingerprint density at radius 3 is 1.45 bits per heavy atom. The van der Waals surface area contributed by atoms with Crippen molar-refractivity contribution in [2.45, 2.75) is 219 Å². The Kier molecular flexibility index (Phi) is 38.3. The lowest BCUT2D eigenvalue weighted by Gasteiger charge is -2.20. The first-order valence-electron chi connectivity index (χ1n) is 22.4. The minimum Gasteiger partial charge on any atom is -0.480 e. The Bertz CT molecular complexity index is 1050. The van der Waals surface area contributed by atoms with Crippen LogP contribution in [0.25, 0.3) is 0 Å². The summed E-state index contributed by atoms with van der Waals surface area (Å²) in [5, 5.41) is 8.89. The lowest BCUT2D eigenvalue weighted by Crippen LogP contribution is -2.34. The molecule has 0 fully saturated rings. The van der Waals surface area contributed by atoms with Crippen LogP contribution < -0.4 is 5.73 Å². The molecular weight excluding hydrogens is 733 g/mol. The molecule has 3 atom stereocenters. The van der Waals surface area contributed by atoms with Gasteiger partial charge < -0.3 is 25.2 Å². The van der Waals surface area contributed by atoms with Crippen LogP contribution in [0.15, 0.2) is 24.3 Å². The number of aliphatic carboxylic acids is 1. The molecule has 0 aromatic carbocycles. The van der Waals surface area contributed by atoms with E-state index in [2.05, 4.69) is 42.7 Å². The van der Waals surface area contributed by atoms with E-state index in [0.29, 0.717) is 12.8 Å². The lowest BCUT2D eigenvalue weighted by molar-refractivity contribution is -0.161. The van der Waals surface area contributed by atoms with Crippen molar-refractivity contribution in [1.29, 1.82) is 0 Å². The van der Waals surface area contributed by atoms with Crippen LogP contribution in [0, 0.1) is 0 Å². The zero-order chi connectivity index (χ0) is 41.4. The van der Waals surface area contributed by atoms with E-state index in [1.54, 1.807) is 0 Å². The SMILES string of the molecule is CCCC/C=C\C/C=C\CCCCCCCC(=O)OC[C@H](COP(=O)(O)OC[C@H](N)C(=O)O)OC(=O)CCCCCCCCCCCCCCCCCCCC.